The van der Waals surface area contributed by atoms with Crippen molar-refractivity contribution in [2.75, 3.05) is 18.8 Å². The lowest BCUT2D eigenvalue weighted by Gasteiger charge is -2.32. The van der Waals surface area contributed by atoms with E-state index in [-0.39, 0.29) is 34.7 Å². The normalized spacial score (nSPS) is 17.4. The molecular weight excluding hydrogens is 548 g/mol. The molecule has 3 heterocycles. The van der Waals surface area contributed by atoms with Gasteiger partial charge in [-0.05, 0) is 75.0 Å². The number of piperidine rings is 1. The summed E-state index contributed by atoms with van der Waals surface area (Å²) in [5.74, 6) is -1.66. The molecule has 0 bridgehead atoms. The Morgan fingerprint density at radius 3 is 2.42 bits per heavy atom. The minimum Gasteiger partial charge on any atom is -0.346 e. The van der Waals surface area contributed by atoms with Gasteiger partial charge in [0.15, 0.2) is 9.84 Å². The molecular formula is C28H32F4N4O3S. The van der Waals surface area contributed by atoms with Crippen LogP contribution < -0.4 is 5.32 Å². The smallest absolute Gasteiger partial charge is 0.346 e. The maximum Gasteiger partial charge on any atom is 0.389 e. The van der Waals surface area contributed by atoms with Gasteiger partial charge < -0.3 is 9.88 Å². The molecule has 0 spiro atoms. The number of benzene rings is 1. The highest BCUT2D eigenvalue weighted by molar-refractivity contribution is 7.91. The van der Waals surface area contributed by atoms with Gasteiger partial charge >= 0.3 is 6.18 Å². The van der Waals surface area contributed by atoms with E-state index in [1.54, 1.807) is 6.92 Å². The van der Waals surface area contributed by atoms with E-state index in [2.05, 4.69) is 19.8 Å². The molecule has 2 aromatic heterocycles. The highest BCUT2D eigenvalue weighted by atomic mass is 32.2. The number of rotatable bonds is 9. The van der Waals surface area contributed by atoms with Crippen molar-refractivity contribution in [2.24, 2.45) is 5.92 Å². The number of aromatic nitrogens is 2. The average Bonchev–Trinajstić information content (AvgIpc) is 3.68. The van der Waals surface area contributed by atoms with Crippen molar-refractivity contribution in [3.8, 4) is 0 Å². The summed E-state index contributed by atoms with van der Waals surface area (Å²) < 4.78 is 79.5. The summed E-state index contributed by atoms with van der Waals surface area (Å²) in [6.07, 6.45) is -0.705. The molecule has 1 aromatic carbocycles. The van der Waals surface area contributed by atoms with E-state index in [9.17, 15) is 26.4 Å². The molecule has 40 heavy (non-hydrogen) atoms. The number of nitrogens with one attached hydrogen (secondary N) is 1. The molecule has 12 heteroatoms. The van der Waals surface area contributed by atoms with Gasteiger partial charge in [0.05, 0.1) is 34.0 Å². The lowest BCUT2D eigenvalue weighted by molar-refractivity contribution is -0.147. The van der Waals surface area contributed by atoms with E-state index >= 15 is 4.39 Å². The van der Waals surface area contributed by atoms with Gasteiger partial charge in [-0.15, -0.1) is 0 Å². The summed E-state index contributed by atoms with van der Waals surface area (Å²) >= 11 is 0. The Morgan fingerprint density at radius 2 is 1.82 bits per heavy atom. The van der Waals surface area contributed by atoms with Crippen molar-refractivity contribution in [3.63, 3.8) is 0 Å². The number of pyridine rings is 1. The monoisotopic (exact) mass is 580 g/mol. The van der Waals surface area contributed by atoms with Crippen molar-refractivity contribution in [2.45, 2.75) is 69.2 Å². The fraction of sp³-hybridized carbons (Fsp3) is 0.500. The van der Waals surface area contributed by atoms with Crippen LogP contribution in [0, 0.1) is 11.7 Å². The van der Waals surface area contributed by atoms with Crippen LogP contribution in [-0.4, -0.2) is 53.8 Å². The third kappa shape index (κ3) is 6.49. The second kappa shape index (κ2) is 11.1. The largest absolute Gasteiger partial charge is 0.389 e. The molecule has 1 N–H and O–H groups in total. The van der Waals surface area contributed by atoms with Crippen molar-refractivity contribution in [1.29, 1.82) is 0 Å². The first-order valence-corrected chi connectivity index (χ1v) is 15.2. The number of amides is 1. The maximum atomic E-state index is 15.2. The van der Waals surface area contributed by atoms with Crippen LogP contribution in [0.15, 0.2) is 41.4 Å². The average molecular weight is 581 g/mol. The molecule has 1 aliphatic heterocycles. The fourth-order valence-electron chi connectivity index (χ4n) is 5.40. The number of likely N-dealkylation sites (tertiary alicyclic amines) is 1. The highest BCUT2D eigenvalue weighted by Gasteiger charge is 2.34. The van der Waals surface area contributed by atoms with Gasteiger partial charge in [0.25, 0.3) is 5.91 Å². The molecule has 216 valence electrons. The van der Waals surface area contributed by atoms with Crippen LogP contribution in [0.4, 0.5) is 17.6 Å². The van der Waals surface area contributed by atoms with E-state index in [4.69, 9.17) is 0 Å². The van der Waals surface area contributed by atoms with E-state index in [1.165, 1.54) is 30.5 Å². The Balaban J connectivity index is 1.29. The second-order valence-corrected chi connectivity index (χ2v) is 13.0. The predicted octanol–water partition coefficient (Wildman–Crippen LogP) is 5.40. The zero-order valence-corrected chi connectivity index (χ0v) is 23.0. The van der Waals surface area contributed by atoms with Gasteiger partial charge in [-0.3, -0.25) is 14.7 Å². The number of halogens is 4. The van der Waals surface area contributed by atoms with Crippen LogP contribution >= 0.6 is 0 Å². The summed E-state index contributed by atoms with van der Waals surface area (Å²) in [5, 5.41) is 3.38. The van der Waals surface area contributed by atoms with Crippen molar-refractivity contribution in [1.82, 2.24) is 19.8 Å². The molecule has 3 aromatic rings. The fourth-order valence-corrected chi connectivity index (χ4v) is 6.23. The molecule has 2 fully saturated rings. The Morgan fingerprint density at radius 1 is 1.10 bits per heavy atom. The van der Waals surface area contributed by atoms with Crippen molar-refractivity contribution < 1.29 is 30.8 Å². The Bertz CT molecular complexity index is 1490. The van der Waals surface area contributed by atoms with Gasteiger partial charge in [-0.2, -0.15) is 13.2 Å². The van der Waals surface area contributed by atoms with Crippen LogP contribution in [0.3, 0.4) is 0 Å². The first-order valence-electron chi connectivity index (χ1n) is 13.5. The first kappa shape index (κ1) is 28.5. The number of nitrogens with zero attached hydrogens (tertiary/aromatic N) is 3. The third-order valence-electron chi connectivity index (χ3n) is 7.74. The molecule has 5 rings (SSSR count). The molecule has 1 saturated heterocycles. The van der Waals surface area contributed by atoms with Gasteiger partial charge in [-0.25, -0.2) is 12.8 Å². The number of sulfone groups is 1. The van der Waals surface area contributed by atoms with E-state index < -0.39 is 34.2 Å². The molecule has 2 aliphatic rings. The summed E-state index contributed by atoms with van der Waals surface area (Å²) in [5.41, 5.74) is 2.00. The van der Waals surface area contributed by atoms with Crippen LogP contribution in [0.2, 0.25) is 0 Å². The van der Waals surface area contributed by atoms with E-state index in [1.807, 2.05) is 6.07 Å². The summed E-state index contributed by atoms with van der Waals surface area (Å²) in [4.78, 5) is 19.2. The molecule has 1 aliphatic carbocycles. The summed E-state index contributed by atoms with van der Waals surface area (Å²) in [6.45, 7) is 3.26. The van der Waals surface area contributed by atoms with E-state index in [0.717, 1.165) is 23.9 Å². The Labute approximate surface area is 230 Å². The molecule has 0 atom stereocenters. The minimum atomic E-state index is -4.14. The SMILES string of the molecule is CCS(=O)(=O)c1ccc(CNC(=O)c2cc3cc(CN4CCC(CC(F)(F)F)CC4)n(C4CC4)c3cc2F)nc1. The van der Waals surface area contributed by atoms with Crippen LogP contribution in [0.5, 0.6) is 0 Å². The van der Waals surface area contributed by atoms with Crippen LogP contribution in [0.25, 0.3) is 10.9 Å². The molecule has 0 unspecified atom stereocenters. The third-order valence-corrected chi connectivity index (χ3v) is 9.46. The van der Waals surface area contributed by atoms with Crippen LogP contribution in [-0.2, 0) is 22.9 Å². The number of carbonyl (C=O) groups excluding carboxylic acids is 1. The zero-order chi connectivity index (χ0) is 28.7. The second-order valence-electron chi connectivity index (χ2n) is 10.7. The molecule has 0 radical (unpaired) electrons. The minimum absolute atomic E-state index is 0.00138. The molecule has 1 amide bonds. The first-order chi connectivity index (χ1) is 18.9. The lowest BCUT2D eigenvalue weighted by atomic mass is 9.93. The Kier molecular flexibility index (Phi) is 7.93. The summed E-state index contributed by atoms with van der Waals surface area (Å²) in [6, 6.07) is 8.05. The van der Waals surface area contributed by atoms with Gasteiger partial charge in [0, 0.05) is 36.3 Å². The van der Waals surface area contributed by atoms with Crippen molar-refractivity contribution in [3.05, 3.63) is 59.3 Å². The number of fused-ring (bicyclic) bond motifs is 1. The van der Waals surface area contributed by atoms with Gasteiger partial charge in [-0.1, -0.05) is 6.92 Å². The number of carbonyl (C=O) groups is 1. The topological polar surface area (TPSA) is 84.3 Å². The van der Waals surface area contributed by atoms with Gasteiger partial charge in [0.1, 0.15) is 5.82 Å². The van der Waals surface area contributed by atoms with Crippen LogP contribution in [0.1, 0.15) is 66.8 Å². The number of hydrogen-bond acceptors (Lipinski definition) is 5. The zero-order valence-electron chi connectivity index (χ0n) is 22.2. The Hall–Kier alpha value is -2.99. The van der Waals surface area contributed by atoms with E-state index in [0.29, 0.717) is 43.7 Å². The van der Waals surface area contributed by atoms with Crippen molar-refractivity contribution >= 4 is 26.6 Å². The standard InChI is InChI=1S/C28H32F4N4O3S/c1-2-40(38,39)23-6-3-20(33-16-23)15-34-27(37)24-12-19-11-22(36(21-4-5-21)26(19)13-25(24)29)17-35-9-7-18(8-10-35)14-28(30,31)32/h3,6,11-13,16,18,21H,2,4-5,7-10,14-15,17H2,1H3,(H,34,37). The highest BCUT2D eigenvalue weighted by Crippen LogP contribution is 2.41. The maximum absolute atomic E-state index is 15.2. The quantitative estimate of drug-likeness (QED) is 0.343. The van der Waals surface area contributed by atoms with Gasteiger partial charge in [0.2, 0.25) is 0 Å². The molecule has 7 nitrogen and oxygen atoms in total. The predicted molar refractivity (Wildman–Crippen MR) is 142 cm³/mol. The molecule has 1 saturated carbocycles. The lowest BCUT2D eigenvalue weighted by Crippen LogP contribution is -2.35. The number of hydrogen-bond donors (Lipinski definition) is 1. The summed E-state index contributed by atoms with van der Waals surface area (Å²) in [7, 11) is -3.38. The number of alkyl halides is 3.